The zero-order chi connectivity index (χ0) is 25.3. The second-order valence-corrected chi connectivity index (χ2v) is 10.9. The zero-order valence-corrected chi connectivity index (χ0v) is 22.3. The number of hydrogen-bond donors (Lipinski definition) is 0. The van der Waals surface area contributed by atoms with Crippen LogP contribution in [0.3, 0.4) is 0 Å². The molecule has 0 aliphatic heterocycles. The van der Waals surface area contributed by atoms with E-state index in [0.29, 0.717) is 24.8 Å². The predicted octanol–water partition coefficient (Wildman–Crippen LogP) is 5.29. The SMILES string of the molecule is CCCCC(=O)C(CCCC)N(C)S(=O)(=O)c1ccc(N(C)C)cc1Cc1ccc(OC)cc1. The van der Waals surface area contributed by atoms with Crippen molar-refractivity contribution in [3.8, 4) is 5.75 Å². The summed E-state index contributed by atoms with van der Waals surface area (Å²) in [7, 11) is 3.16. The summed E-state index contributed by atoms with van der Waals surface area (Å²) in [5, 5.41) is 0. The molecule has 0 fully saturated rings. The molecule has 0 amide bonds. The lowest BCUT2D eigenvalue weighted by atomic mass is 10.0. The van der Waals surface area contributed by atoms with Crippen molar-refractivity contribution in [2.24, 2.45) is 0 Å². The number of sulfonamides is 1. The Hall–Kier alpha value is -2.38. The molecule has 0 N–H and O–H groups in total. The minimum absolute atomic E-state index is 0.00277. The molecule has 0 spiro atoms. The first kappa shape index (κ1) is 27.9. The number of carbonyl (C=O) groups excluding carboxylic acids is 1. The molecule has 0 heterocycles. The van der Waals surface area contributed by atoms with E-state index in [1.807, 2.05) is 62.3 Å². The fourth-order valence-corrected chi connectivity index (χ4v) is 5.55. The van der Waals surface area contributed by atoms with E-state index in [0.717, 1.165) is 42.7 Å². The number of ketones is 1. The lowest BCUT2D eigenvalue weighted by Crippen LogP contribution is -2.42. The van der Waals surface area contributed by atoms with Crippen molar-refractivity contribution in [1.82, 2.24) is 4.31 Å². The number of likely N-dealkylation sites (N-methyl/N-ethyl adjacent to an activating group) is 1. The number of rotatable bonds is 14. The monoisotopic (exact) mass is 488 g/mol. The Morgan fingerprint density at radius 3 is 2.18 bits per heavy atom. The van der Waals surface area contributed by atoms with Crippen molar-refractivity contribution in [3.63, 3.8) is 0 Å². The highest BCUT2D eigenvalue weighted by atomic mass is 32.2. The third-order valence-corrected chi connectivity index (χ3v) is 8.16. The highest BCUT2D eigenvalue weighted by molar-refractivity contribution is 7.89. The molecule has 0 saturated carbocycles. The number of ether oxygens (including phenoxy) is 1. The maximum atomic E-state index is 13.8. The third kappa shape index (κ3) is 7.06. The quantitative estimate of drug-likeness (QED) is 0.361. The van der Waals surface area contributed by atoms with Gasteiger partial charge in [-0.1, -0.05) is 45.2 Å². The molecule has 0 aliphatic rings. The summed E-state index contributed by atoms with van der Waals surface area (Å²) in [6.45, 7) is 4.08. The second-order valence-electron chi connectivity index (χ2n) is 8.96. The van der Waals surface area contributed by atoms with Gasteiger partial charge in [-0.2, -0.15) is 4.31 Å². The summed E-state index contributed by atoms with van der Waals surface area (Å²) < 4.78 is 34.3. The number of benzene rings is 2. The Kier molecular flexibility index (Phi) is 10.6. The van der Waals surface area contributed by atoms with Crippen LogP contribution >= 0.6 is 0 Å². The van der Waals surface area contributed by atoms with Crippen LogP contribution in [0, 0.1) is 0 Å². The zero-order valence-electron chi connectivity index (χ0n) is 21.5. The fourth-order valence-electron chi connectivity index (χ4n) is 3.98. The minimum Gasteiger partial charge on any atom is -0.497 e. The third-order valence-electron chi connectivity index (χ3n) is 6.19. The first-order chi connectivity index (χ1) is 16.1. The molecular weight excluding hydrogens is 448 g/mol. The molecule has 0 bridgehead atoms. The van der Waals surface area contributed by atoms with Crippen LogP contribution in [0.15, 0.2) is 47.4 Å². The Bertz CT molecular complexity index is 1030. The average molecular weight is 489 g/mol. The molecule has 6 nitrogen and oxygen atoms in total. The van der Waals surface area contributed by atoms with Crippen LogP contribution in [0.2, 0.25) is 0 Å². The molecule has 0 saturated heterocycles. The number of carbonyl (C=O) groups is 1. The van der Waals surface area contributed by atoms with Gasteiger partial charge in [-0.15, -0.1) is 0 Å². The first-order valence-electron chi connectivity index (χ1n) is 12.1. The van der Waals surface area contributed by atoms with E-state index in [-0.39, 0.29) is 10.7 Å². The Morgan fingerprint density at radius 2 is 1.62 bits per heavy atom. The van der Waals surface area contributed by atoms with Crippen LogP contribution in [0.1, 0.15) is 63.5 Å². The topological polar surface area (TPSA) is 66.9 Å². The van der Waals surface area contributed by atoms with Gasteiger partial charge >= 0.3 is 0 Å². The molecule has 1 unspecified atom stereocenters. The number of anilines is 1. The van der Waals surface area contributed by atoms with Gasteiger partial charge in [0, 0.05) is 33.3 Å². The molecular formula is C27H40N2O4S. The van der Waals surface area contributed by atoms with Gasteiger partial charge in [0.05, 0.1) is 18.0 Å². The Balaban J connectivity index is 2.48. The van der Waals surface area contributed by atoms with Crippen LogP contribution in [0.5, 0.6) is 5.75 Å². The minimum atomic E-state index is -3.88. The first-order valence-corrected chi connectivity index (χ1v) is 13.5. The molecule has 7 heteroatoms. The van der Waals surface area contributed by atoms with E-state index in [9.17, 15) is 13.2 Å². The molecule has 0 aliphatic carbocycles. The summed E-state index contributed by atoms with van der Waals surface area (Å²) in [4.78, 5) is 15.2. The molecule has 2 rings (SSSR count). The maximum Gasteiger partial charge on any atom is 0.243 e. The van der Waals surface area contributed by atoms with Gasteiger partial charge in [0.25, 0.3) is 0 Å². The number of hydrogen-bond acceptors (Lipinski definition) is 5. The Labute approximate surface area is 206 Å². The van der Waals surface area contributed by atoms with Gasteiger partial charge in [-0.25, -0.2) is 8.42 Å². The summed E-state index contributed by atoms with van der Waals surface area (Å²) >= 11 is 0. The van der Waals surface area contributed by atoms with Crippen molar-refractivity contribution in [3.05, 3.63) is 53.6 Å². The van der Waals surface area contributed by atoms with E-state index in [4.69, 9.17) is 4.74 Å². The molecule has 0 radical (unpaired) electrons. The van der Waals surface area contributed by atoms with Crippen molar-refractivity contribution in [2.45, 2.75) is 69.7 Å². The number of nitrogens with zero attached hydrogens (tertiary/aromatic N) is 2. The highest BCUT2D eigenvalue weighted by Gasteiger charge is 2.33. The van der Waals surface area contributed by atoms with E-state index in [2.05, 4.69) is 6.92 Å². The molecule has 188 valence electrons. The lowest BCUT2D eigenvalue weighted by molar-refractivity contribution is -0.122. The molecule has 34 heavy (non-hydrogen) atoms. The van der Waals surface area contributed by atoms with Crippen molar-refractivity contribution >= 4 is 21.5 Å². The summed E-state index contributed by atoms with van der Waals surface area (Å²) in [5.74, 6) is 0.755. The van der Waals surface area contributed by atoms with Crippen molar-refractivity contribution < 1.29 is 17.9 Å². The Morgan fingerprint density at radius 1 is 0.971 bits per heavy atom. The molecule has 0 aromatic heterocycles. The second kappa shape index (κ2) is 12.9. The lowest BCUT2D eigenvalue weighted by Gasteiger charge is -2.28. The number of Topliss-reactive ketones (excluding diaryl/α,β-unsaturated/α-hetero) is 1. The smallest absolute Gasteiger partial charge is 0.243 e. The largest absolute Gasteiger partial charge is 0.497 e. The fraction of sp³-hybridized carbons (Fsp3) is 0.519. The van der Waals surface area contributed by atoms with Gasteiger partial charge in [0.2, 0.25) is 10.0 Å². The normalized spacial score (nSPS) is 12.6. The van der Waals surface area contributed by atoms with Gasteiger partial charge in [-0.3, -0.25) is 4.79 Å². The van der Waals surface area contributed by atoms with E-state index >= 15 is 0 Å². The predicted molar refractivity (Wildman–Crippen MR) is 139 cm³/mol. The van der Waals surface area contributed by atoms with Gasteiger partial charge in [0.1, 0.15) is 5.75 Å². The number of unbranched alkanes of at least 4 members (excludes halogenated alkanes) is 2. The van der Waals surface area contributed by atoms with E-state index in [1.54, 1.807) is 20.2 Å². The van der Waals surface area contributed by atoms with Crippen molar-refractivity contribution in [2.75, 3.05) is 33.2 Å². The van der Waals surface area contributed by atoms with Crippen LogP contribution in [-0.2, 0) is 21.2 Å². The standard InChI is InChI=1S/C27H40N2O4S/c1-7-9-11-25(26(30)12-10-8-2)29(5)34(31,32)27-18-15-23(28(3)4)20-22(27)19-21-13-16-24(33-6)17-14-21/h13-18,20,25H,7-12,19H2,1-6H3. The summed E-state index contributed by atoms with van der Waals surface area (Å²) in [6.07, 6.45) is 4.79. The molecule has 2 aromatic rings. The molecule has 1 atom stereocenters. The van der Waals surface area contributed by atoms with Gasteiger partial charge in [0.15, 0.2) is 5.78 Å². The average Bonchev–Trinajstić information content (AvgIpc) is 2.83. The van der Waals surface area contributed by atoms with Crippen LogP contribution in [-0.4, -0.2) is 52.8 Å². The highest BCUT2D eigenvalue weighted by Crippen LogP contribution is 2.29. The van der Waals surface area contributed by atoms with E-state index < -0.39 is 16.1 Å². The van der Waals surface area contributed by atoms with Crippen LogP contribution < -0.4 is 9.64 Å². The number of methoxy groups -OCH3 is 1. The van der Waals surface area contributed by atoms with Crippen LogP contribution in [0.25, 0.3) is 0 Å². The maximum absolute atomic E-state index is 13.8. The van der Waals surface area contributed by atoms with E-state index in [1.165, 1.54) is 4.31 Å². The van der Waals surface area contributed by atoms with Crippen LogP contribution in [0.4, 0.5) is 5.69 Å². The van der Waals surface area contributed by atoms with Gasteiger partial charge in [-0.05, 0) is 60.7 Å². The molecule has 2 aromatic carbocycles. The summed E-state index contributed by atoms with van der Waals surface area (Å²) in [5.41, 5.74) is 2.61. The summed E-state index contributed by atoms with van der Waals surface area (Å²) in [6, 6.07) is 12.4. The van der Waals surface area contributed by atoms with Gasteiger partial charge < -0.3 is 9.64 Å². The van der Waals surface area contributed by atoms with Crippen molar-refractivity contribution in [1.29, 1.82) is 0 Å².